The van der Waals surface area contributed by atoms with Crippen molar-refractivity contribution in [3.63, 3.8) is 0 Å². The van der Waals surface area contributed by atoms with E-state index in [0.717, 1.165) is 6.54 Å². The van der Waals surface area contributed by atoms with Crippen molar-refractivity contribution in [2.24, 2.45) is 0 Å². The maximum absolute atomic E-state index is 16.5. The summed E-state index contributed by atoms with van der Waals surface area (Å²) in [6, 6.07) is 9.19. The number of likely N-dealkylation sites (N-methyl/N-ethyl adjacent to an activating group) is 1. The van der Waals surface area contributed by atoms with Crippen LogP contribution >= 0.6 is 11.6 Å². The molecule has 0 radical (unpaired) electrons. The Morgan fingerprint density at radius 1 is 1.20 bits per heavy atom. The summed E-state index contributed by atoms with van der Waals surface area (Å²) in [4.78, 5) is 30.4. The Labute approximate surface area is 256 Å². The standard InChI is InChI=1S/C30H28ClF2N7O4/c1-38-11-12-43-19(15-38)16-44-29-36-27-21(28(37-29)39-9-10-40(30(41)42)18(14-39)7-8-34)13-35-26(25(27)33)20-4-2-3-17-5-6-22(32)24(31)23(17)20/h2-6,13,18-19H,7,9-12,14-16H2,1H3,(H,41,42)/t18-,19+/m0/s1. The summed E-state index contributed by atoms with van der Waals surface area (Å²) in [7, 11) is 1.98. The van der Waals surface area contributed by atoms with Gasteiger partial charge in [-0.15, -0.1) is 0 Å². The van der Waals surface area contributed by atoms with Crippen LogP contribution in [0.2, 0.25) is 5.02 Å². The fraction of sp³-hybridized carbons (Fsp3) is 0.367. The predicted molar refractivity (Wildman–Crippen MR) is 159 cm³/mol. The number of nitrogens with zero attached hydrogens (tertiary/aromatic N) is 7. The van der Waals surface area contributed by atoms with Crippen molar-refractivity contribution < 1.29 is 28.2 Å². The van der Waals surface area contributed by atoms with Crippen LogP contribution in [0.1, 0.15) is 6.42 Å². The van der Waals surface area contributed by atoms with Gasteiger partial charge in [-0.3, -0.25) is 4.98 Å². The van der Waals surface area contributed by atoms with E-state index in [-0.39, 0.29) is 72.0 Å². The summed E-state index contributed by atoms with van der Waals surface area (Å²) in [5, 5.41) is 20.0. The number of morpholine rings is 1. The summed E-state index contributed by atoms with van der Waals surface area (Å²) < 4.78 is 42.8. The van der Waals surface area contributed by atoms with Gasteiger partial charge < -0.3 is 29.3 Å². The number of pyridine rings is 1. The Morgan fingerprint density at radius 3 is 2.82 bits per heavy atom. The third-order valence-electron chi connectivity index (χ3n) is 7.93. The summed E-state index contributed by atoms with van der Waals surface area (Å²) in [6.07, 6.45) is 0.0281. The van der Waals surface area contributed by atoms with Gasteiger partial charge in [0.25, 0.3) is 0 Å². The molecule has 0 spiro atoms. The third kappa shape index (κ3) is 5.63. The molecule has 2 aliphatic heterocycles. The minimum Gasteiger partial charge on any atom is -0.465 e. The first-order valence-electron chi connectivity index (χ1n) is 14.0. The monoisotopic (exact) mass is 623 g/mol. The van der Waals surface area contributed by atoms with E-state index in [9.17, 15) is 19.6 Å². The molecule has 11 nitrogen and oxygen atoms in total. The third-order valence-corrected chi connectivity index (χ3v) is 8.30. The number of amides is 1. The Bertz CT molecular complexity index is 1790. The predicted octanol–water partition coefficient (Wildman–Crippen LogP) is 4.57. The first-order chi connectivity index (χ1) is 21.2. The van der Waals surface area contributed by atoms with Gasteiger partial charge in [-0.2, -0.15) is 15.2 Å². The molecule has 2 aromatic heterocycles. The number of carbonyl (C=O) groups is 1. The number of benzene rings is 2. The molecule has 0 bridgehead atoms. The van der Waals surface area contributed by atoms with Crippen LogP contribution in [0.4, 0.5) is 19.4 Å². The molecular formula is C30H28ClF2N7O4. The number of ether oxygens (including phenoxy) is 2. The number of nitriles is 1. The van der Waals surface area contributed by atoms with Crippen LogP contribution in [-0.2, 0) is 4.74 Å². The number of aromatic nitrogens is 3. The average Bonchev–Trinajstić information content (AvgIpc) is 3.02. The van der Waals surface area contributed by atoms with Crippen LogP contribution in [0.25, 0.3) is 32.9 Å². The zero-order valence-corrected chi connectivity index (χ0v) is 24.5. The highest BCUT2D eigenvalue weighted by Gasteiger charge is 2.33. The molecule has 4 aromatic rings. The first-order valence-corrected chi connectivity index (χ1v) is 14.4. The Hall–Kier alpha value is -4.38. The highest BCUT2D eigenvalue weighted by molar-refractivity contribution is 6.36. The molecule has 0 saturated carbocycles. The van der Waals surface area contributed by atoms with Gasteiger partial charge in [0.05, 0.1) is 35.5 Å². The highest BCUT2D eigenvalue weighted by Crippen LogP contribution is 2.38. The molecule has 228 valence electrons. The van der Waals surface area contributed by atoms with Crippen LogP contribution < -0.4 is 9.64 Å². The van der Waals surface area contributed by atoms with E-state index < -0.39 is 23.8 Å². The SMILES string of the molecule is CN1CCO[C@@H](COc2nc(N3CCN(C(=O)O)[C@@H](CC#N)C3)c3cnc(-c4cccc5ccc(F)c(Cl)c45)c(F)c3n2)C1. The second-order valence-electron chi connectivity index (χ2n) is 10.8. The van der Waals surface area contributed by atoms with E-state index in [1.54, 1.807) is 29.2 Å². The van der Waals surface area contributed by atoms with Crippen molar-refractivity contribution in [1.82, 2.24) is 24.8 Å². The van der Waals surface area contributed by atoms with Crippen molar-refractivity contribution in [3.05, 3.63) is 53.2 Å². The van der Waals surface area contributed by atoms with Crippen LogP contribution in [0.15, 0.2) is 36.5 Å². The average molecular weight is 624 g/mol. The lowest BCUT2D eigenvalue weighted by Gasteiger charge is -2.39. The molecule has 2 aliphatic rings. The molecule has 4 heterocycles. The maximum Gasteiger partial charge on any atom is 0.407 e. The van der Waals surface area contributed by atoms with Crippen LogP contribution in [0, 0.1) is 23.0 Å². The van der Waals surface area contributed by atoms with Gasteiger partial charge >= 0.3 is 12.1 Å². The molecule has 2 aromatic carbocycles. The number of halogens is 3. The summed E-state index contributed by atoms with van der Waals surface area (Å²) in [6.45, 7) is 2.58. The lowest BCUT2D eigenvalue weighted by Crippen LogP contribution is -2.55. The minimum atomic E-state index is -1.12. The van der Waals surface area contributed by atoms with Crippen molar-refractivity contribution >= 4 is 45.2 Å². The van der Waals surface area contributed by atoms with E-state index in [1.165, 1.54) is 17.2 Å². The van der Waals surface area contributed by atoms with Gasteiger partial charge in [0, 0.05) is 49.9 Å². The maximum atomic E-state index is 16.5. The van der Waals surface area contributed by atoms with Gasteiger partial charge in [-0.25, -0.2) is 13.6 Å². The van der Waals surface area contributed by atoms with Gasteiger partial charge in [-0.05, 0) is 18.5 Å². The summed E-state index contributed by atoms with van der Waals surface area (Å²) in [5.74, 6) is -1.13. The minimum absolute atomic E-state index is 0.0309. The van der Waals surface area contributed by atoms with Crippen LogP contribution in [-0.4, -0.2) is 101 Å². The van der Waals surface area contributed by atoms with E-state index in [2.05, 4.69) is 19.9 Å². The molecule has 14 heteroatoms. The van der Waals surface area contributed by atoms with Crippen LogP contribution in [0.3, 0.4) is 0 Å². The number of hydrogen-bond acceptors (Lipinski definition) is 9. The van der Waals surface area contributed by atoms with Crippen LogP contribution in [0.5, 0.6) is 6.01 Å². The number of rotatable bonds is 6. The number of piperazine rings is 1. The lowest BCUT2D eigenvalue weighted by molar-refractivity contribution is -0.0416. The topological polar surface area (TPSA) is 128 Å². The molecule has 0 aliphatic carbocycles. The van der Waals surface area contributed by atoms with Crippen molar-refractivity contribution in [2.75, 3.05) is 57.9 Å². The van der Waals surface area contributed by atoms with Gasteiger partial charge in [0.2, 0.25) is 0 Å². The van der Waals surface area contributed by atoms with E-state index in [0.29, 0.717) is 29.7 Å². The number of carboxylic acid groups (broad SMARTS) is 1. The van der Waals surface area contributed by atoms with E-state index >= 15 is 4.39 Å². The molecule has 6 rings (SSSR count). The number of fused-ring (bicyclic) bond motifs is 2. The Kier molecular flexibility index (Phi) is 8.31. The number of hydrogen-bond donors (Lipinski definition) is 1. The largest absolute Gasteiger partial charge is 0.465 e. The van der Waals surface area contributed by atoms with Gasteiger partial charge in [-0.1, -0.05) is 35.9 Å². The number of anilines is 1. The zero-order chi connectivity index (χ0) is 31.0. The molecular weight excluding hydrogens is 596 g/mol. The lowest BCUT2D eigenvalue weighted by atomic mass is 10.0. The molecule has 1 N–H and O–H groups in total. The highest BCUT2D eigenvalue weighted by atomic mass is 35.5. The zero-order valence-electron chi connectivity index (χ0n) is 23.7. The summed E-state index contributed by atoms with van der Waals surface area (Å²) in [5.41, 5.74) is 0.122. The molecule has 2 saturated heterocycles. The Morgan fingerprint density at radius 2 is 2.05 bits per heavy atom. The van der Waals surface area contributed by atoms with Crippen molar-refractivity contribution in [2.45, 2.75) is 18.6 Å². The van der Waals surface area contributed by atoms with Crippen molar-refractivity contribution in [1.29, 1.82) is 5.26 Å². The fourth-order valence-electron chi connectivity index (χ4n) is 5.74. The molecule has 0 unspecified atom stereocenters. The quantitative estimate of drug-likeness (QED) is 0.326. The second-order valence-corrected chi connectivity index (χ2v) is 11.2. The summed E-state index contributed by atoms with van der Waals surface area (Å²) >= 11 is 6.34. The Balaban J connectivity index is 1.46. The molecule has 44 heavy (non-hydrogen) atoms. The first kappa shape index (κ1) is 29.7. The fourth-order valence-corrected chi connectivity index (χ4v) is 6.01. The normalized spacial score (nSPS) is 19.3. The smallest absolute Gasteiger partial charge is 0.407 e. The van der Waals surface area contributed by atoms with Gasteiger partial charge in [0.1, 0.15) is 35.6 Å². The van der Waals surface area contributed by atoms with E-state index in [4.69, 9.17) is 21.1 Å². The second kappa shape index (κ2) is 12.3. The van der Waals surface area contributed by atoms with E-state index in [1.807, 2.05) is 13.1 Å². The molecule has 2 atom stereocenters. The molecule has 1 amide bonds. The van der Waals surface area contributed by atoms with Crippen molar-refractivity contribution in [3.8, 4) is 23.3 Å². The molecule has 2 fully saturated rings. The van der Waals surface area contributed by atoms with Gasteiger partial charge in [0.15, 0.2) is 5.82 Å².